The molecule has 1 aliphatic rings. The summed E-state index contributed by atoms with van der Waals surface area (Å²) in [5.74, 6) is -0.297. The number of nitrogens with one attached hydrogen (secondary N) is 1. The number of rotatable bonds is 3. The summed E-state index contributed by atoms with van der Waals surface area (Å²) in [5.41, 5.74) is 0.759. The van der Waals surface area contributed by atoms with Gasteiger partial charge in [0.25, 0.3) is 0 Å². The maximum absolute atomic E-state index is 11.2. The average molecular weight is 258 g/mol. The molecule has 0 saturated carbocycles. The van der Waals surface area contributed by atoms with E-state index in [1.807, 2.05) is 0 Å². The molecular formula is C10H14N2O4S. The SMILES string of the molecule is O=C(O)c1cc(CC2CCS(=O)(=O)CC2)[nH]n1. The smallest absolute Gasteiger partial charge is 0.356 e. The van der Waals surface area contributed by atoms with E-state index >= 15 is 0 Å². The highest BCUT2D eigenvalue weighted by molar-refractivity contribution is 7.91. The predicted octanol–water partition coefficient (Wildman–Crippen LogP) is 0.475. The number of sulfone groups is 1. The van der Waals surface area contributed by atoms with E-state index in [1.165, 1.54) is 6.07 Å². The number of nitrogens with zero attached hydrogens (tertiary/aromatic N) is 1. The Balaban J connectivity index is 1.95. The third kappa shape index (κ3) is 3.06. The summed E-state index contributed by atoms with van der Waals surface area (Å²) in [4.78, 5) is 10.6. The molecule has 0 amide bonds. The van der Waals surface area contributed by atoms with Crippen molar-refractivity contribution >= 4 is 15.8 Å². The second kappa shape index (κ2) is 4.48. The van der Waals surface area contributed by atoms with E-state index in [-0.39, 0.29) is 17.2 Å². The van der Waals surface area contributed by atoms with Crippen molar-refractivity contribution in [1.82, 2.24) is 10.2 Å². The van der Waals surface area contributed by atoms with Crippen LogP contribution in [0.3, 0.4) is 0 Å². The molecule has 6 nitrogen and oxygen atoms in total. The molecule has 0 aliphatic carbocycles. The number of aromatic nitrogens is 2. The summed E-state index contributed by atoms with van der Waals surface area (Å²) < 4.78 is 22.5. The number of aromatic amines is 1. The Hall–Kier alpha value is -1.37. The number of aromatic carboxylic acids is 1. The highest BCUT2D eigenvalue weighted by atomic mass is 32.2. The normalized spacial score (nSPS) is 20.2. The zero-order chi connectivity index (χ0) is 12.5. The van der Waals surface area contributed by atoms with Gasteiger partial charge in [-0.15, -0.1) is 0 Å². The van der Waals surface area contributed by atoms with Crippen molar-refractivity contribution in [3.8, 4) is 0 Å². The van der Waals surface area contributed by atoms with Crippen molar-refractivity contribution in [2.24, 2.45) is 5.92 Å². The largest absolute Gasteiger partial charge is 0.476 e. The summed E-state index contributed by atoms with van der Waals surface area (Å²) in [5, 5.41) is 15.1. The van der Waals surface area contributed by atoms with Crippen LogP contribution in [0.5, 0.6) is 0 Å². The first-order valence-corrected chi connectivity index (χ1v) is 7.26. The van der Waals surface area contributed by atoms with Crippen molar-refractivity contribution in [1.29, 1.82) is 0 Å². The summed E-state index contributed by atoms with van der Waals surface area (Å²) in [6.07, 6.45) is 1.95. The van der Waals surface area contributed by atoms with Crippen LogP contribution in [-0.2, 0) is 16.3 Å². The van der Waals surface area contributed by atoms with Gasteiger partial charge in [-0.3, -0.25) is 5.10 Å². The number of H-pyrrole nitrogens is 1. The van der Waals surface area contributed by atoms with Crippen LogP contribution >= 0.6 is 0 Å². The molecule has 94 valence electrons. The van der Waals surface area contributed by atoms with Gasteiger partial charge in [0.2, 0.25) is 0 Å². The van der Waals surface area contributed by atoms with Gasteiger partial charge < -0.3 is 5.11 Å². The lowest BCUT2D eigenvalue weighted by atomic mass is 9.97. The molecule has 1 aliphatic heterocycles. The molecule has 0 unspecified atom stereocenters. The zero-order valence-electron chi connectivity index (χ0n) is 9.22. The minimum atomic E-state index is -2.84. The Morgan fingerprint density at radius 1 is 1.47 bits per heavy atom. The van der Waals surface area contributed by atoms with Gasteiger partial charge in [-0.25, -0.2) is 13.2 Å². The Labute approximate surface area is 99.0 Å². The van der Waals surface area contributed by atoms with Crippen LogP contribution in [0.2, 0.25) is 0 Å². The minimum absolute atomic E-state index is 0.00318. The molecule has 0 bridgehead atoms. The molecule has 1 aromatic heterocycles. The Morgan fingerprint density at radius 3 is 2.65 bits per heavy atom. The standard InChI is InChI=1S/C10H14N2O4S/c13-10(14)9-6-8(11-12-9)5-7-1-3-17(15,16)4-2-7/h6-7H,1-5H2,(H,11,12)(H,13,14). The fourth-order valence-electron chi connectivity index (χ4n) is 2.03. The molecule has 2 heterocycles. The second-order valence-electron chi connectivity index (χ2n) is 4.38. The first-order valence-electron chi connectivity index (χ1n) is 5.44. The minimum Gasteiger partial charge on any atom is -0.476 e. The van der Waals surface area contributed by atoms with Gasteiger partial charge >= 0.3 is 5.97 Å². The van der Waals surface area contributed by atoms with E-state index in [4.69, 9.17) is 5.11 Å². The number of carboxylic acid groups (broad SMARTS) is 1. The van der Waals surface area contributed by atoms with Crippen molar-refractivity contribution < 1.29 is 18.3 Å². The molecule has 1 aromatic rings. The fourth-order valence-corrected chi connectivity index (χ4v) is 3.62. The summed E-state index contributed by atoms with van der Waals surface area (Å²) in [6, 6.07) is 1.51. The van der Waals surface area contributed by atoms with E-state index < -0.39 is 15.8 Å². The van der Waals surface area contributed by atoms with Crippen LogP contribution in [0.1, 0.15) is 29.0 Å². The van der Waals surface area contributed by atoms with Crippen molar-refractivity contribution in [2.45, 2.75) is 19.3 Å². The lowest BCUT2D eigenvalue weighted by Gasteiger charge is -2.20. The molecule has 1 fully saturated rings. The molecule has 17 heavy (non-hydrogen) atoms. The Morgan fingerprint density at radius 2 is 2.12 bits per heavy atom. The first-order chi connectivity index (χ1) is 7.96. The number of hydrogen-bond acceptors (Lipinski definition) is 4. The predicted molar refractivity (Wildman–Crippen MR) is 60.6 cm³/mol. The summed E-state index contributed by atoms with van der Waals surface area (Å²) in [6.45, 7) is 0. The molecule has 0 spiro atoms. The summed E-state index contributed by atoms with van der Waals surface area (Å²) in [7, 11) is -2.84. The van der Waals surface area contributed by atoms with Gasteiger partial charge in [0.15, 0.2) is 5.69 Å². The molecular weight excluding hydrogens is 244 g/mol. The highest BCUT2D eigenvalue weighted by Crippen LogP contribution is 2.22. The molecule has 0 radical (unpaired) electrons. The van der Waals surface area contributed by atoms with Crippen LogP contribution < -0.4 is 0 Å². The maximum atomic E-state index is 11.2. The van der Waals surface area contributed by atoms with Gasteiger partial charge in [0.1, 0.15) is 9.84 Å². The molecule has 2 rings (SSSR count). The fraction of sp³-hybridized carbons (Fsp3) is 0.600. The van der Waals surface area contributed by atoms with Crippen molar-refractivity contribution in [3.05, 3.63) is 17.5 Å². The van der Waals surface area contributed by atoms with Crippen molar-refractivity contribution in [3.63, 3.8) is 0 Å². The molecule has 2 N–H and O–H groups in total. The average Bonchev–Trinajstić information content (AvgIpc) is 2.70. The van der Waals surface area contributed by atoms with Crippen LogP contribution in [0, 0.1) is 5.92 Å². The topological polar surface area (TPSA) is 100 Å². The van der Waals surface area contributed by atoms with Gasteiger partial charge in [-0.1, -0.05) is 0 Å². The number of carbonyl (C=O) groups is 1. The van der Waals surface area contributed by atoms with E-state index in [0.29, 0.717) is 25.2 Å². The first kappa shape index (κ1) is 12.1. The molecule has 7 heteroatoms. The molecule has 0 aromatic carbocycles. The van der Waals surface area contributed by atoms with Gasteiger partial charge in [-0.05, 0) is 31.2 Å². The van der Waals surface area contributed by atoms with Crippen molar-refractivity contribution in [2.75, 3.05) is 11.5 Å². The lowest BCUT2D eigenvalue weighted by Crippen LogP contribution is -2.24. The van der Waals surface area contributed by atoms with Crippen LogP contribution in [0.15, 0.2) is 6.07 Å². The third-order valence-electron chi connectivity index (χ3n) is 3.03. The Bertz CT molecular complexity index is 506. The van der Waals surface area contributed by atoms with E-state index in [0.717, 1.165) is 5.69 Å². The monoisotopic (exact) mass is 258 g/mol. The quantitative estimate of drug-likeness (QED) is 0.821. The third-order valence-corrected chi connectivity index (χ3v) is 4.75. The lowest BCUT2D eigenvalue weighted by molar-refractivity contribution is 0.0690. The van der Waals surface area contributed by atoms with Crippen LogP contribution in [-0.4, -0.2) is 41.2 Å². The van der Waals surface area contributed by atoms with Gasteiger partial charge in [0.05, 0.1) is 11.5 Å². The van der Waals surface area contributed by atoms with Gasteiger partial charge in [0, 0.05) is 5.69 Å². The molecule has 1 saturated heterocycles. The summed E-state index contributed by atoms with van der Waals surface area (Å²) >= 11 is 0. The maximum Gasteiger partial charge on any atom is 0.356 e. The van der Waals surface area contributed by atoms with E-state index in [9.17, 15) is 13.2 Å². The second-order valence-corrected chi connectivity index (χ2v) is 6.69. The van der Waals surface area contributed by atoms with Gasteiger partial charge in [-0.2, -0.15) is 5.10 Å². The van der Waals surface area contributed by atoms with E-state index in [2.05, 4.69) is 10.2 Å². The van der Waals surface area contributed by atoms with Crippen LogP contribution in [0.25, 0.3) is 0 Å². The van der Waals surface area contributed by atoms with E-state index in [1.54, 1.807) is 0 Å². The Kier molecular flexibility index (Phi) is 3.19. The molecule has 0 atom stereocenters. The zero-order valence-corrected chi connectivity index (χ0v) is 10.0. The number of carboxylic acids is 1. The van der Waals surface area contributed by atoms with Crippen LogP contribution in [0.4, 0.5) is 0 Å². The number of hydrogen-bond donors (Lipinski definition) is 2. The highest BCUT2D eigenvalue weighted by Gasteiger charge is 2.24.